The standard InChI is InChI=1S/C15H14N2O6/c1-15(2,3)14-16-9(13(18)23-14)4-8-5-11-12(22-7-21-11)6-10(8)17(19)20/h4-6H,7H2,1-3H3/b9-4+. The quantitative estimate of drug-likeness (QED) is 0.360. The lowest BCUT2D eigenvalue weighted by Gasteiger charge is -2.15. The molecule has 2 heterocycles. The predicted molar refractivity (Wildman–Crippen MR) is 80.2 cm³/mol. The fraction of sp³-hybridized carbons (Fsp3) is 0.333. The molecule has 0 radical (unpaired) electrons. The van der Waals surface area contributed by atoms with E-state index in [-0.39, 0.29) is 29.6 Å². The van der Waals surface area contributed by atoms with Crippen molar-refractivity contribution in [3.63, 3.8) is 0 Å². The van der Waals surface area contributed by atoms with Gasteiger partial charge in [0.25, 0.3) is 5.69 Å². The average Bonchev–Trinajstić information content (AvgIpc) is 3.04. The number of carbonyl (C=O) groups excluding carboxylic acids is 1. The van der Waals surface area contributed by atoms with E-state index in [0.717, 1.165) is 0 Å². The molecule has 23 heavy (non-hydrogen) atoms. The van der Waals surface area contributed by atoms with E-state index in [1.807, 2.05) is 20.8 Å². The summed E-state index contributed by atoms with van der Waals surface area (Å²) >= 11 is 0. The van der Waals surface area contributed by atoms with Crippen LogP contribution >= 0.6 is 0 Å². The van der Waals surface area contributed by atoms with Gasteiger partial charge < -0.3 is 14.2 Å². The third kappa shape index (κ3) is 2.75. The number of aliphatic imine (C=N–C) groups is 1. The molecule has 0 amide bonds. The third-order valence-electron chi connectivity index (χ3n) is 3.27. The van der Waals surface area contributed by atoms with Crippen LogP contribution in [0.3, 0.4) is 0 Å². The van der Waals surface area contributed by atoms with Gasteiger partial charge in [-0.25, -0.2) is 9.79 Å². The van der Waals surface area contributed by atoms with Gasteiger partial charge in [0.05, 0.1) is 16.6 Å². The molecule has 2 aliphatic heterocycles. The number of nitrogens with zero attached hydrogens (tertiary/aromatic N) is 2. The van der Waals surface area contributed by atoms with Crippen LogP contribution in [0.1, 0.15) is 26.3 Å². The van der Waals surface area contributed by atoms with Gasteiger partial charge in [-0.1, -0.05) is 20.8 Å². The lowest BCUT2D eigenvalue weighted by molar-refractivity contribution is -0.385. The predicted octanol–water partition coefficient (Wildman–Crippen LogP) is 2.67. The highest BCUT2D eigenvalue weighted by Gasteiger charge is 2.32. The van der Waals surface area contributed by atoms with E-state index in [4.69, 9.17) is 14.2 Å². The van der Waals surface area contributed by atoms with Crippen molar-refractivity contribution in [3.8, 4) is 11.5 Å². The first-order chi connectivity index (χ1) is 10.8. The van der Waals surface area contributed by atoms with Crippen molar-refractivity contribution in [1.29, 1.82) is 0 Å². The molecule has 1 aromatic rings. The van der Waals surface area contributed by atoms with Gasteiger partial charge in [0.2, 0.25) is 12.7 Å². The molecule has 120 valence electrons. The minimum absolute atomic E-state index is 0.000872. The van der Waals surface area contributed by atoms with Crippen molar-refractivity contribution in [3.05, 3.63) is 33.5 Å². The minimum Gasteiger partial charge on any atom is -0.454 e. The van der Waals surface area contributed by atoms with Gasteiger partial charge in [0.1, 0.15) is 0 Å². The second-order valence-corrected chi connectivity index (χ2v) is 6.11. The fourth-order valence-corrected chi connectivity index (χ4v) is 2.10. The first kappa shape index (κ1) is 15.0. The SMILES string of the molecule is CC(C)(C)C1=N/C(=C/c2cc3c(cc2[N+](=O)[O-])OCO3)C(=O)O1. The molecule has 0 atom stereocenters. The van der Waals surface area contributed by atoms with Crippen LogP contribution in [-0.4, -0.2) is 23.6 Å². The van der Waals surface area contributed by atoms with Gasteiger partial charge in [-0.05, 0) is 12.1 Å². The van der Waals surface area contributed by atoms with Gasteiger partial charge in [0, 0.05) is 5.41 Å². The van der Waals surface area contributed by atoms with Crippen molar-refractivity contribution in [2.45, 2.75) is 20.8 Å². The highest BCUT2D eigenvalue weighted by atomic mass is 16.7. The minimum atomic E-state index is -0.637. The zero-order chi connectivity index (χ0) is 16.8. The molecule has 8 heteroatoms. The Morgan fingerprint density at radius 2 is 1.91 bits per heavy atom. The van der Waals surface area contributed by atoms with Crippen LogP contribution in [0, 0.1) is 15.5 Å². The molecule has 2 aliphatic rings. The molecule has 0 saturated heterocycles. The van der Waals surface area contributed by atoms with Crippen molar-refractivity contribution >= 4 is 23.6 Å². The third-order valence-corrected chi connectivity index (χ3v) is 3.27. The number of cyclic esters (lactones) is 1. The summed E-state index contributed by atoms with van der Waals surface area (Å²) < 4.78 is 15.5. The molecule has 0 aromatic heterocycles. The number of nitro groups is 1. The Kier molecular flexibility index (Phi) is 3.32. The fourth-order valence-electron chi connectivity index (χ4n) is 2.10. The molecule has 0 saturated carbocycles. The molecule has 0 unspecified atom stereocenters. The zero-order valence-corrected chi connectivity index (χ0v) is 12.8. The Labute approximate surface area is 131 Å². The summed E-state index contributed by atoms with van der Waals surface area (Å²) in [5.74, 6) is 0.319. The van der Waals surface area contributed by atoms with E-state index in [2.05, 4.69) is 4.99 Å². The Morgan fingerprint density at radius 3 is 2.48 bits per heavy atom. The first-order valence-electron chi connectivity index (χ1n) is 6.87. The van der Waals surface area contributed by atoms with E-state index < -0.39 is 16.3 Å². The summed E-state index contributed by atoms with van der Waals surface area (Å²) in [5, 5.41) is 11.2. The van der Waals surface area contributed by atoms with E-state index in [1.165, 1.54) is 18.2 Å². The number of hydrogen-bond donors (Lipinski definition) is 0. The lowest BCUT2D eigenvalue weighted by Crippen LogP contribution is -2.21. The Balaban J connectivity index is 2.07. The molecule has 0 N–H and O–H groups in total. The summed E-state index contributed by atoms with van der Waals surface area (Å²) in [6.45, 7) is 5.56. The number of nitro benzene ring substituents is 1. The number of ether oxygens (including phenoxy) is 3. The summed E-state index contributed by atoms with van der Waals surface area (Å²) in [7, 11) is 0. The highest BCUT2D eigenvalue weighted by Crippen LogP contribution is 2.39. The van der Waals surface area contributed by atoms with Crippen LogP contribution in [0.4, 0.5) is 5.69 Å². The zero-order valence-electron chi connectivity index (χ0n) is 12.8. The number of fused-ring (bicyclic) bond motifs is 1. The number of rotatable bonds is 2. The number of hydrogen-bond acceptors (Lipinski definition) is 7. The summed E-state index contributed by atoms with van der Waals surface area (Å²) in [6.07, 6.45) is 1.32. The molecule has 3 rings (SSSR count). The monoisotopic (exact) mass is 318 g/mol. The largest absolute Gasteiger partial charge is 0.454 e. The average molecular weight is 318 g/mol. The first-order valence-corrected chi connectivity index (χ1v) is 6.87. The second-order valence-electron chi connectivity index (χ2n) is 6.11. The molecular formula is C15H14N2O6. The van der Waals surface area contributed by atoms with Gasteiger partial charge in [-0.15, -0.1) is 0 Å². The molecular weight excluding hydrogens is 304 g/mol. The normalized spacial score (nSPS) is 18.1. The van der Waals surface area contributed by atoms with Crippen LogP contribution < -0.4 is 9.47 Å². The summed E-state index contributed by atoms with van der Waals surface area (Å²) in [4.78, 5) is 26.7. The molecule has 8 nitrogen and oxygen atoms in total. The number of benzene rings is 1. The molecule has 1 aromatic carbocycles. The Bertz CT molecular complexity index is 773. The number of carbonyl (C=O) groups is 1. The van der Waals surface area contributed by atoms with Crippen LogP contribution in [0.5, 0.6) is 11.5 Å². The van der Waals surface area contributed by atoms with Crippen LogP contribution in [0.2, 0.25) is 0 Å². The van der Waals surface area contributed by atoms with Gasteiger partial charge >= 0.3 is 5.97 Å². The topological polar surface area (TPSA) is 100 Å². The van der Waals surface area contributed by atoms with Crippen molar-refractivity contribution in [2.24, 2.45) is 10.4 Å². The highest BCUT2D eigenvalue weighted by molar-refractivity contribution is 6.08. The Hall–Kier alpha value is -2.90. The number of esters is 1. The maximum absolute atomic E-state index is 11.9. The maximum Gasteiger partial charge on any atom is 0.363 e. The van der Waals surface area contributed by atoms with Crippen LogP contribution in [0.25, 0.3) is 6.08 Å². The van der Waals surface area contributed by atoms with Gasteiger partial charge in [-0.2, -0.15) is 0 Å². The van der Waals surface area contributed by atoms with Crippen molar-refractivity contribution < 1.29 is 23.9 Å². The van der Waals surface area contributed by atoms with Gasteiger partial charge in [-0.3, -0.25) is 10.1 Å². The molecule has 0 spiro atoms. The molecule has 0 bridgehead atoms. The summed E-state index contributed by atoms with van der Waals surface area (Å²) in [6, 6.07) is 2.72. The van der Waals surface area contributed by atoms with E-state index in [9.17, 15) is 14.9 Å². The lowest BCUT2D eigenvalue weighted by atomic mass is 9.97. The van der Waals surface area contributed by atoms with E-state index in [0.29, 0.717) is 11.5 Å². The Morgan fingerprint density at radius 1 is 1.26 bits per heavy atom. The maximum atomic E-state index is 11.9. The van der Waals surface area contributed by atoms with Crippen molar-refractivity contribution in [1.82, 2.24) is 0 Å². The van der Waals surface area contributed by atoms with Crippen LogP contribution in [-0.2, 0) is 9.53 Å². The molecule has 0 fully saturated rings. The molecule has 0 aliphatic carbocycles. The van der Waals surface area contributed by atoms with Crippen molar-refractivity contribution in [2.75, 3.05) is 6.79 Å². The van der Waals surface area contributed by atoms with E-state index in [1.54, 1.807) is 0 Å². The smallest absolute Gasteiger partial charge is 0.363 e. The van der Waals surface area contributed by atoms with Crippen LogP contribution in [0.15, 0.2) is 22.8 Å². The second kappa shape index (κ2) is 5.08. The van der Waals surface area contributed by atoms with E-state index >= 15 is 0 Å². The van der Waals surface area contributed by atoms with Gasteiger partial charge in [0.15, 0.2) is 17.2 Å². The summed E-state index contributed by atoms with van der Waals surface area (Å²) in [5.41, 5.74) is -0.428.